The Morgan fingerprint density at radius 1 is 1.30 bits per heavy atom. The number of aromatic amines is 1. The van der Waals surface area contributed by atoms with E-state index in [2.05, 4.69) is 16.4 Å². The van der Waals surface area contributed by atoms with Crippen LogP contribution in [0.25, 0.3) is 10.9 Å². The molecular weight excluding hydrogens is 290 g/mol. The molecule has 0 spiro atoms. The molecule has 120 valence electrons. The van der Waals surface area contributed by atoms with Gasteiger partial charge < -0.3 is 15.2 Å². The lowest BCUT2D eigenvalue weighted by molar-refractivity contribution is -0.129. The van der Waals surface area contributed by atoms with E-state index in [1.807, 2.05) is 29.3 Å². The maximum Gasteiger partial charge on any atom is 0.225 e. The molecule has 1 aliphatic heterocycles. The van der Waals surface area contributed by atoms with E-state index in [1.165, 1.54) is 10.9 Å². The Hall–Kier alpha value is -2.30. The number of H-pyrrole nitrogens is 1. The zero-order chi connectivity index (χ0) is 15.8. The number of aromatic nitrogens is 1. The summed E-state index contributed by atoms with van der Waals surface area (Å²) in [5.41, 5.74) is 2.33. The molecule has 0 radical (unpaired) electrons. The number of likely N-dealkylation sites (tertiary alicyclic amines) is 1. The first-order valence-corrected chi connectivity index (χ1v) is 8.34. The first-order chi connectivity index (χ1) is 11.2. The number of hydrogen-bond donors (Lipinski definition) is 2. The largest absolute Gasteiger partial charge is 0.361 e. The number of rotatable bonds is 5. The second kappa shape index (κ2) is 5.72. The molecule has 1 saturated heterocycles. The third-order valence-electron chi connectivity index (χ3n) is 4.89. The third kappa shape index (κ3) is 2.83. The summed E-state index contributed by atoms with van der Waals surface area (Å²) >= 11 is 0. The van der Waals surface area contributed by atoms with Crippen molar-refractivity contribution in [3.8, 4) is 0 Å². The fraction of sp³-hybridized carbons (Fsp3) is 0.444. The van der Waals surface area contributed by atoms with Gasteiger partial charge >= 0.3 is 0 Å². The molecule has 2 heterocycles. The Labute approximate surface area is 135 Å². The van der Waals surface area contributed by atoms with Crippen LogP contribution in [0.5, 0.6) is 0 Å². The number of carbonyl (C=O) groups is 2. The van der Waals surface area contributed by atoms with Crippen LogP contribution in [-0.4, -0.2) is 40.8 Å². The molecule has 0 unspecified atom stereocenters. The van der Waals surface area contributed by atoms with Gasteiger partial charge in [0.25, 0.3) is 0 Å². The van der Waals surface area contributed by atoms with Gasteiger partial charge in [-0.05, 0) is 30.9 Å². The molecule has 23 heavy (non-hydrogen) atoms. The predicted octanol–water partition coefficient (Wildman–Crippen LogP) is 1.84. The molecule has 2 aromatic rings. The van der Waals surface area contributed by atoms with Crippen molar-refractivity contribution < 1.29 is 9.59 Å². The fourth-order valence-corrected chi connectivity index (χ4v) is 3.45. The molecule has 2 amide bonds. The number of carbonyl (C=O) groups excluding carboxylic acids is 2. The van der Waals surface area contributed by atoms with Crippen molar-refractivity contribution in [3.05, 3.63) is 36.0 Å². The lowest BCUT2D eigenvalue weighted by Gasteiger charge is -2.15. The minimum Gasteiger partial charge on any atom is -0.361 e. The van der Waals surface area contributed by atoms with E-state index in [-0.39, 0.29) is 17.7 Å². The van der Waals surface area contributed by atoms with E-state index in [0.717, 1.165) is 24.8 Å². The zero-order valence-corrected chi connectivity index (χ0v) is 13.0. The van der Waals surface area contributed by atoms with Gasteiger partial charge in [-0.15, -0.1) is 0 Å². The van der Waals surface area contributed by atoms with Crippen molar-refractivity contribution in [2.24, 2.45) is 5.92 Å². The van der Waals surface area contributed by atoms with Crippen LogP contribution in [0.2, 0.25) is 0 Å². The molecule has 2 N–H and O–H groups in total. The van der Waals surface area contributed by atoms with Gasteiger partial charge in [0.2, 0.25) is 11.8 Å². The Balaban J connectivity index is 1.31. The lowest BCUT2D eigenvalue weighted by atomic mass is 10.1. The van der Waals surface area contributed by atoms with E-state index in [9.17, 15) is 9.59 Å². The van der Waals surface area contributed by atoms with Crippen molar-refractivity contribution in [1.82, 2.24) is 15.2 Å². The minimum atomic E-state index is -0.175. The summed E-state index contributed by atoms with van der Waals surface area (Å²) in [7, 11) is 0. The number of benzene rings is 1. The lowest BCUT2D eigenvalue weighted by Crippen LogP contribution is -2.34. The zero-order valence-electron chi connectivity index (χ0n) is 13.0. The molecular formula is C18H21N3O2. The van der Waals surface area contributed by atoms with Crippen LogP contribution in [0, 0.1) is 5.92 Å². The number of para-hydroxylation sites is 1. The van der Waals surface area contributed by atoms with E-state index in [1.54, 1.807) is 0 Å². The Morgan fingerprint density at radius 3 is 2.96 bits per heavy atom. The number of nitrogens with one attached hydrogen (secondary N) is 2. The van der Waals surface area contributed by atoms with Crippen LogP contribution in [0.3, 0.4) is 0 Å². The van der Waals surface area contributed by atoms with Gasteiger partial charge in [0.1, 0.15) is 0 Å². The number of hydrogen-bond acceptors (Lipinski definition) is 2. The summed E-state index contributed by atoms with van der Waals surface area (Å²) in [5.74, 6) is -0.0170. The van der Waals surface area contributed by atoms with Crippen LogP contribution in [-0.2, 0) is 16.0 Å². The summed E-state index contributed by atoms with van der Waals surface area (Å²) in [6.45, 7) is 1.21. The van der Waals surface area contributed by atoms with Gasteiger partial charge in [-0.1, -0.05) is 18.2 Å². The van der Waals surface area contributed by atoms with Gasteiger partial charge in [-0.2, -0.15) is 0 Å². The van der Waals surface area contributed by atoms with Crippen LogP contribution in [0.1, 0.15) is 24.8 Å². The highest BCUT2D eigenvalue weighted by Gasteiger charge is 2.41. The smallest absolute Gasteiger partial charge is 0.225 e. The van der Waals surface area contributed by atoms with Crippen LogP contribution in [0.4, 0.5) is 0 Å². The molecule has 1 aromatic carbocycles. The summed E-state index contributed by atoms with van der Waals surface area (Å²) in [6.07, 6.45) is 5.37. The molecule has 5 heteroatoms. The van der Waals surface area contributed by atoms with Crippen LogP contribution >= 0.6 is 0 Å². The number of fused-ring (bicyclic) bond motifs is 1. The van der Waals surface area contributed by atoms with Gasteiger partial charge in [-0.25, -0.2) is 0 Å². The predicted molar refractivity (Wildman–Crippen MR) is 87.9 cm³/mol. The van der Waals surface area contributed by atoms with Crippen molar-refractivity contribution in [2.75, 3.05) is 13.1 Å². The molecule has 1 atom stereocenters. The van der Waals surface area contributed by atoms with Crippen molar-refractivity contribution in [2.45, 2.75) is 31.7 Å². The molecule has 4 rings (SSSR count). The van der Waals surface area contributed by atoms with E-state index in [0.29, 0.717) is 25.6 Å². The molecule has 1 saturated carbocycles. The van der Waals surface area contributed by atoms with Crippen LogP contribution < -0.4 is 5.32 Å². The molecule has 5 nitrogen and oxygen atoms in total. The fourth-order valence-electron chi connectivity index (χ4n) is 3.45. The molecule has 2 fully saturated rings. The summed E-state index contributed by atoms with van der Waals surface area (Å²) < 4.78 is 0. The Morgan fingerprint density at radius 2 is 2.13 bits per heavy atom. The highest BCUT2D eigenvalue weighted by molar-refractivity contribution is 5.89. The quantitative estimate of drug-likeness (QED) is 0.885. The topological polar surface area (TPSA) is 65.2 Å². The third-order valence-corrected chi connectivity index (χ3v) is 4.89. The number of amides is 2. The monoisotopic (exact) mass is 311 g/mol. The second-order valence-corrected chi connectivity index (χ2v) is 6.58. The van der Waals surface area contributed by atoms with Crippen molar-refractivity contribution in [1.29, 1.82) is 0 Å². The highest BCUT2D eigenvalue weighted by atomic mass is 16.2. The average Bonchev–Trinajstić information content (AvgIpc) is 3.21. The number of nitrogens with zero attached hydrogens (tertiary/aromatic N) is 1. The average molecular weight is 311 g/mol. The maximum absolute atomic E-state index is 12.3. The van der Waals surface area contributed by atoms with Crippen LogP contribution in [0.15, 0.2) is 30.5 Å². The summed E-state index contributed by atoms with van der Waals surface area (Å²) in [5, 5.41) is 4.20. The summed E-state index contributed by atoms with van der Waals surface area (Å²) in [4.78, 5) is 29.3. The Bertz CT molecular complexity index is 748. The molecule has 2 aliphatic rings. The van der Waals surface area contributed by atoms with E-state index >= 15 is 0 Å². The molecule has 0 bridgehead atoms. The SMILES string of the molecule is O=C(NCCc1c[nH]c2ccccc12)[C@@H]1CC(=O)N(C2CC2)C1. The second-order valence-electron chi connectivity index (χ2n) is 6.58. The minimum absolute atomic E-state index is 0.0151. The first-order valence-electron chi connectivity index (χ1n) is 8.34. The first kappa shape index (κ1) is 14.3. The highest BCUT2D eigenvalue weighted by Crippen LogP contribution is 2.32. The van der Waals surface area contributed by atoms with Gasteiger partial charge in [0.15, 0.2) is 0 Å². The normalized spacial score (nSPS) is 21.1. The van der Waals surface area contributed by atoms with Gasteiger partial charge in [0, 0.05) is 42.7 Å². The maximum atomic E-state index is 12.3. The molecule has 1 aliphatic carbocycles. The van der Waals surface area contributed by atoms with Gasteiger partial charge in [-0.3, -0.25) is 9.59 Å². The van der Waals surface area contributed by atoms with Crippen molar-refractivity contribution in [3.63, 3.8) is 0 Å². The standard InChI is InChI=1S/C18H21N3O2/c22-17-9-13(11-21(17)14-5-6-14)18(23)19-8-7-12-10-20-16-4-2-1-3-15(12)16/h1-4,10,13-14,20H,5-9,11H2,(H,19,23)/t13-/m1/s1. The van der Waals surface area contributed by atoms with Crippen molar-refractivity contribution >= 4 is 22.7 Å². The molecule has 1 aromatic heterocycles. The van der Waals surface area contributed by atoms with Gasteiger partial charge in [0.05, 0.1) is 5.92 Å². The summed E-state index contributed by atoms with van der Waals surface area (Å²) in [6, 6.07) is 8.58. The van der Waals surface area contributed by atoms with E-state index in [4.69, 9.17) is 0 Å². The van der Waals surface area contributed by atoms with E-state index < -0.39 is 0 Å². The Kier molecular flexibility index (Phi) is 3.56.